The van der Waals surface area contributed by atoms with E-state index < -0.39 is 0 Å². The SMILES string of the molecule is O=C(C[C@@H]1C=CCC1)NCCc1nc(-c2cccc(Cl)c2)no1. The predicted octanol–water partition coefficient (Wildman–Crippen LogP) is 3.41. The molecule has 1 aliphatic rings. The second kappa shape index (κ2) is 7.42. The molecule has 1 N–H and O–H groups in total. The minimum atomic E-state index is 0.0659. The van der Waals surface area contributed by atoms with Gasteiger partial charge in [0.15, 0.2) is 0 Å². The number of nitrogens with zero attached hydrogens (tertiary/aromatic N) is 2. The summed E-state index contributed by atoms with van der Waals surface area (Å²) < 4.78 is 5.21. The number of nitrogens with one attached hydrogen (secondary N) is 1. The van der Waals surface area contributed by atoms with Crippen molar-refractivity contribution in [3.8, 4) is 11.4 Å². The lowest BCUT2D eigenvalue weighted by Gasteiger charge is -2.07. The maximum atomic E-state index is 11.8. The minimum Gasteiger partial charge on any atom is -0.356 e. The topological polar surface area (TPSA) is 68.0 Å². The number of benzene rings is 1. The Morgan fingerprint density at radius 2 is 2.35 bits per heavy atom. The largest absolute Gasteiger partial charge is 0.356 e. The zero-order valence-corrected chi connectivity index (χ0v) is 13.4. The van der Waals surface area contributed by atoms with Crippen molar-refractivity contribution < 1.29 is 9.32 Å². The van der Waals surface area contributed by atoms with Crippen LogP contribution < -0.4 is 5.32 Å². The zero-order chi connectivity index (χ0) is 16.1. The lowest BCUT2D eigenvalue weighted by molar-refractivity contribution is -0.121. The summed E-state index contributed by atoms with van der Waals surface area (Å²) in [6, 6.07) is 7.29. The molecule has 1 aromatic heterocycles. The van der Waals surface area contributed by atoms with Crippen molar-refractivity contribution in [1.29, 1.82) is 0 Å². The van der Waals surface area contributed by atoms with Crippen LogP contribution >= 0.6 is 11.6 Å². The number of carbonyl (C=O) groups is 1. The molecule has 1 amide bonds. The highest BCUT2D eigenvalue weighted by molar-refractivity contribution is 6.30. The van der Waals surface area contributed by atoms with Gasteiger partial charge in [0.25, 0.3) is 0 Å². The first-order valence-electron chi connectivity index (χ1n) is 7.72. The summed E-state index contributed by atoms with van der Waals surface area (Å²) in [6.45, 7) is 0.493. The molecule has 0 saturated carbocycles. The summed E-state index contributed by atoms with van der Waals surface area (Å²) >= 11 is 5.95. The van der Waals surface area contributed by atoms with E-state index in [1.807, 2.05) is 12.1 Å². The Morgan fingerprint density at radius 3 is 3.13 bits per heavy atom. The number of carbonyl (C=O) groups excluding carboxylic acids is 1. The van der Waals surface area contributed by atoms with E-state index in [4.69, 9.17) is 16.1 Å². The normalized spacial score (nSPS) is 16.7. The lowest BCUT2D eigenvalue weighted by atomic mass is 10.1. The monoisotopic (exact) mass is 331 g/mol. The Kier molecular flexibility index (Phi) is 5.08. The highest BCUT2D eigenvalue weighted by Gasteiger charge is 2.14. The van der Waals surface area contributed by atoms with E-state index in [2.05, 4.69) is 27.6 Å². The second-order valence-corrected chi connectivity index (χ2v) is 6.03. The number of amides is 1. The van der Waals surface area contributed by atoms with Gasteiger partial charge >= 0.3 is 0 Å². The third-order valence-corrected chi connectivity index (χ3v) is 4.01. The highest BCUT2D eigenvalue weighted by Crippen LogP contribution is 2.21. The van der Waals surface area contributed by atoms with Crippen LogP contribution in [0.25, 0.3) is 11.4 Å². The number of halogens is 1. The molecule has 1 aromatic carbocycles. The van der Waals surface area contributed by atoms with Crippen molar-refractivity contribution in [3.05, 3.63) is 47.3 Å². The maximum absolute atomic E-state index is 11.8. The van der Waals surface area contributed by atoms with Gasteiger partial charge in [0, 0.05) is 30.0 Å². The van der Waals surface area contributed by atoms with Crippen LogP contribution in [0.5, 0.6) is 0 Å². The van der Waals surface area contributed by atoms with Crippen molar-refractivity contribution >= 4 is 17.5 Å². The van der Waals surface area contributed by atoms with Gasteiger partial charge in [-0.05, 0) is 30.9 Å². The Balaban J connectivity index is 1.47. The fourth-order valence-corrected chi connectivity index (χ4v) is 2.78. The summed E-state index contributed by atoms with van der Waals surface area (Å²) in [6.07, 6.45) is 7.46. The standard InChI is InChI=1S/C17H18ClN3O2/c18-14-7-3-6-13(11-14)17-20-16(23-21-17)8-9-19-15(22)10-12-4-1-2-5-12/h1,3-4,6-7,11-12H,2,5,8-10H2,(H,19,22)/t12-/m1/s1. The lowest BCUT2D eigenvalue weighted by Crippen LogP contribution is -2.27. The van der Waals surface area contributed by atoms with Crippen LogP contribution in [-0.2, 0) is 11.2 Å². The molecule has 120 valence electrons. The first-order valence-corrected chi connectivity index (χ1v) is 8.10. The molecule has 2 aromatic rings. The fraction of sp³-hybridized carbons (Fsp3) is 0.353. The molecule has 0 unspecified atom stereocenters. The molecule has 23 heavy (non-hydrogen) atoms. The van der Waals surface area contributed by atoms with Crippen molar-refractivity contribution in [2.24, 2.45) is 5.92 Å². The number of aromatic nitrogens is 2. The summed E-state index contributed by atoms with van der Waals surface area (Å²) in [4.78, 5) is 16.1. The number of rotatable bonds is 6. The predicted molar refractivity (Wildman–Crippen MR) is 87.9 cm³/mol. The quantitative estimate of drug-likeness (QED) is 0.824. The second-order valence-electron chi connectivity index (χ2n) is 5.59. The average Bonchev–Trinajstić information content (AvgIpc) is 3.19. The molecule has 1 aliphatic carbocycles. The van der Waals surface area contributed by atoms with E-state index in [0.717, 1.165) is 18.4 Å². The molecule has 0 aliphatic heterocycles. The van der Waals surface area contributed by atoms with E-state index >= 15 is 0 Å². The smallest absolute Gasteiger partial charge is 0.228 e. The molecule has 0 fully saturated rings. The molecule has 0 bridgehead atoms. The van der Waals surface area contributed by atoms with E-state index in [1.165, 1.54) is 0 Å². The molecular weight excluding hydrogens is 314 g/mol. The van der Waals surface area contributed by atoms with Crippen LogP contribution in [0.3, 0.4) is 0 Å². The Labute approximate surface area is 139 Å². The fourth-order valence-electron chi connectivity index (χ4n) is 2.59. The highest BCUT2D eigenvalue weighted by atomic mass is 35.5. The number of hydrogen-bond donors (Lipinski definition) is 1. The van der Waals surface area contributed by atoms with Crippen LogP contribution in [0.2, 0.25) is 5.02 Å². The van der Waals surface area contributed by atoms with Crippen molar-refractivity contribution in [3.63, 3.8) is 0 Å². The van der Waals surface area contributed by atoms with Crippen molar-refractivity contribution in [2.75, 3.05) is 6.54 Å². The summed E-state index contributed by atoms with van der Waals surface area (Å²) in [5.41, 5.74) is 0.810. The third kappa shape index (κ3) is 4.42. The molecular formula is C17H18ClN3O2. The van der Waals surface area contributed by atoms with E-state index in [9.17, 15) is 4.79 Å². The summed E-state index contributed by atoms with van der Waals surface area (Å²) in [5.74, 6) is 1.45. The molecule has 6 heteroatoms. The van der Waals surface area contributed by atoms with Crippen LogP contribution in [0.15, 0.2) is 40.9 Å². The van der Waals surface area contributed by atoms with Gasteiger partial charge in [-0.2, -0.15) is 4.98 Å². The van der Waals surface area contributed by atoms with Gasteiger partial charge in [0.05, 0.1) is 0 Å². The van der Waals surface area contributed by atoms with Gasteiger partial charge in [-0.1, -0.05) is 41.0 Å². The van der Waals surface area contributed by atoms with Gasteiger partial charge in [0.2, 0.25) is 17.6 Å². The van der Waals surface area contributed by atoms with E-state index in [1.54, 1.807) is 12.1 Å². The molecule has 0 saturated heterocycles. The van der Waals surface area contributed by atoms with Gasteiger partial charge in [-0.15, -0.1) is 0 Å². The minimum absolute atomic E-state index is 0.0659. The van der Waals surface area contributed by atoms with Crippen LogP contribution in [0.1, 0.15) is 25.2 Å². The van der Waals surface area contributed by atoms with Crippen molar-refractivity contribution in [1.82, 2.24) is 15.5 Å². The average molecular weight is 332 g/mol. The first-order chi connectivity index (χ1) is 11.2. The third-order valence-electron chi connectivity index (χ3n) is 3.77. The Bertz CT molecular complexity index is 711. The van der Waals surface area contributed by atoms with Crippen LogP contribution in [-0.4, -0.2) is 22.6 Å². The Morgan fingerprint density at radius 1 is 1.43 bits per heavy atom. The molecule has 3 rings (SSSR count). The van der Waals surface area contributed by atoms with Crippen molar-refractivity contribution in [2.45, 2.75) is 25.7 Å². The van der Waals surface area contributed by atoms with E-state index in [-0.39, 0.29) is 5.91 Å². The number of hydrogen-bond acceptors (Lipinski definition) is 4. The Hall–Kier alpha value is -2.14. The molecule has 1 heterocycles. The molecule has 0 spiro atoms. The summed E-state index contributed by atoms with van der Waals surface area (Å²) in [7, 11) is 0. The van der Waals surface area contributed by atoms with Crippen LogP contribution in [0.4, 0.5) is 0 Å². The molecule has 1 atom stereocenters. The van der Waals surface area contributed by atoms with Crippen LogP contribution in [0, 0.1) is 5.92 Å². The first kappa shape index (κ1) is 15.7. The maximum Gasteiger partial charge on any atom is 0.228 e. The number of allylic oxidation sites excluding steroid dienone is 2. The zero-order valence-electron chi connectivity index (χ0n) is 12.7. The molecule has 0 radical (unpaired) electrons. The summed E-state index contributed by atoms with van der Waals surface area (Å²) in [5, 5.41) is 7.46. The van der Waals surface area contributed by atoms with Gasteiger partial charge in [-0.3, -0.25) is 4.79 Å². The van der Waals surface area contributed by atoms with Gasteiger partial charge < -0.3 is 9.84 Å². The molecule has 5 nitrogen and oxygen atoms in total. The van der Waals surface area contributed by atoms with Gasteiger partial charge in [-0.25, -0.2) is 0 Å². The van der Waals surface area contributed by atoms with Gasteiger partial charge in [0.1, 0.15) is 0 Å². The van der Waals surface area contributed by atoms with E-state index in [0.29, 0.717) is 42.0 Å².